The van der Waals surface area contributed by atoms with Gasteiger partial charge in [-0.05, 0) is 51.0 Å². The second kappa shape index (κ2) is 6.80. The summed E-state index contributed by atoms with van der Waals surface area (Å²) >= 11 is 0. The Morgan fingerprint density at radius 2 is 2.04 bits per heavy atom. The van der Waals surface area contributed by atoms with E-state index in [9.17, 15) is 18.0 Å². The third kappa shape index (κ3) is 4.05. The molecular weight excluding hydrogens is 332 g/mol. The smallest absolute Gasteiger partial charge is 0.338 e. The summed E-state index contributed by atoms with van der Waals surface area (Å²) in [6, 6.07) is 4.51. The number of fused-ring (bicyclic) bond motifs is 1. The van der Waals surface area contributed by atoms with Crippen molar-refractivity contribution in [1.29, 1.82) is 0 Å². The van der Waals surface area contributed by atoms with E-state index in [-0.39, 0.29) is 24.6 Å². The first-order chi connectivity index (χ1) is 11.1. The predicted octanol–water partition coefficient (Wildman–Crippen LogP) is 1.08. The van der Waals surface area contributed by atoms with Crippen molar-refractivity contribution in [3.05, 3.63) is 29.3 Å². The Kier molecular flexibility index (Phi) is 5.17. The molecule has 7 nitrogen and oxygen atoms in total. The van der Waals surface area contributed by atoms with Crippen LogP contribution in [0.1, 0.15) is 36.7 Å². The maximum absolute atomic E-state index is 12.1. The van der Waals surface area contributed by atoms with Gasteiger partial charge in [-0.15, -0.1) is 0 Å². The lowest BCUT2D eigenvalue weighted by Gasteiger charge is -2.21. The number of carbonyl (C=O) groups is 2. The number of sulfonamides is 1. The minimum absolute atomic E-state index is 0.0281. The molecule has 1 amide bonds. The summed E-state index contributed by atoms with van der Waals surface area (Å²) in [6.07, 6.45) is 1.69. The highest BCUT2D eigenvalue weighted by Crippen LogP contribution is 2.34. The molecule has 1 aliphatic rings. The van der Waals surface area contributed by atoms with E-state index in [1.165, 1.54) is 10.4 Å². The largest absolute Gasteiger partial charge is 0.452 e. The number of anilines is 1. The lowest BCUT2D eigenvalue weighted by atomic mass is 10.1. The maximum Gasteiger partial charge on any atom is 0.338 e. The second-order valence-electron chi connectivity index (χ2n) is 6.25. The molecule has 0 radical (unpaired) electrons. The number of amides is 1. The zero-order valence-electron chi connectivity index (χ0n) is 14.2. The van der Waals surface area contributed by atoms with Gasteiger partial charge in [0.2, 0.25) is 10.0 Å². The molecule has 132 valence electrons. The molecule has 8 heteroatoms. The first kappa shape index (κ1) is 18.3. The molecule has 1 heterocycles. The van der Waals surface area contributed by atoms with Gasteiger partial charge < -0.3 is 10.1 Å². The zero-order chi connectivity index (χ0) is 18.1. The van der Waals surface area contributed by atoms with E-state index in [0.29, 0.717) is 17.7 Å². The molecule has 1 N–H and O–H groups in total. The Morgan fingerprint density at radius 3 is 2.62 bits per heavy atom. The van der Waals surface area contributed by atoms with Crippen molar-refractivity contribution in [2.75, 3.05) is 17.2 Å². The molecule has 0 aliphatic carbocycles. The van der Waals surface area contributed by atoms with Gasteiger partial charge in [-0.3, -0.25) is 9.10 Å². The van der Waals surface area contributed by atoms with Gasteiger partial charge in [-0.25, -0.2) is 13.2 Å². The molecule has 0 spiro atoms. The summed E-state index contributed by atoms with van der Waals surface area (Å²) in [7, 11) is -3.37. The highest BCUT2D eigenvalue weighted by molar-refractivity contribution is 7.92. The highest BCUT2D eigenvalue weighted by atomic mass is 32.2. The fraction of sp³-hybridized carbons (Fsp3) is 0.500. The monoisotopic (exact) mass is 354 g/mol. The number of esters is 1. The zero-order valence-corrected chi connectivity index (χ0v) is 15.0. The maximum atomic E-state index is 12.1. The molecule has 1 aliphatic heterocycles. The third-order valence-electron chi connectivity index (χ3n) is 3.61. The van der Waals surface area contributed by atoms with Crippen molar-refractivity contribution in [2.45, 2.75) is 39.3 Å². The van der Waals surface area contributed by atoms with Crippen LogP contribution in [0.3, 0.4) is 0 Å². The molecule has 1 aromatic carbocycles. The highest BCUT2D eigenvalue weighted by Gasteiger charge is 2.32. The Bertz CT molecular complexity index is 758. The van der Waals surface area contributed by atoms with Crippen LogP contribution >= 0.6 is 0 Å². The van der Waals surface area contributed by atoms with Crippen molar-refractivity contribution in [3.63, 3.8) is 0 Å². The SMILES string of the molecule is CC(C)NC(=O)COC(=O)c1ccc2c(c1)C[C@H](C)N2S(C)(=O)=O. The second-order valence-corrected chi connectivity index (χ2v) is 8.11. The van der Waals surface area contributed by atoms with E-state index in [0.717, 1.165) is 11.8 Å². The summed E-state index contributed by atoms with van der Waals surface area (Å²) < 4.78 is 30.1. The van der Waals surface area contributed by atoms with Crippen LogP contribution in [0, 0.1) is 0 Å². The molecule has 0 fully saturated rings. The van der Waals surface area contributed by atoms with Crippen LogP contribution in [0.15, 0.2) is 18.2 Å². The normalized spacial score (nSPS) is 16.9. The van der Waals surface area contributed by atoms with Crippen LogP contribution in [0.5, 0.6) is 0 Å². The van der Waals surface area contributed by atoms with Crippen molar-refractivity contribution in [3.8, 4) is 0 Å². The van der Waals surface area contributed by atoms with Crippen molar-refractivity contribution in [1.82, 2.24) is 5.32 Å². The van der Waals surface area contributed by atoms with Gasteiger partial charge in [0.05, 0.1) is 17.5 Å². The molecule has 0 unspecified atom stereocenters. The van der Waals surface area contributed by atoms with Gasteiger partial charge in [-0.1, -0.05) is 0 Å². The van der Waals surface area contributed by atoms with E-state index in [1.807, 2.05) is 20.8 Å². The van der Waals surface area contributed by atoms with Crippen LogP contribution in [0.4, 0.5) is 5.69 Å². The topological polar surface area (TPSA) is 92.8 Å². The number of rotatable bonds is 5. The minimum Gasteiger partial charge on any atom is -0.452 e. The van der Waals surface area contributed by atoms with Crippen LogP contribution in [0.25, 0.3) is 0 Å². The summed E-state index contributed by atoms with van der Waals surface area (Å²) in [6.45, 7) is 5.10. The van der Waals surface area contributed by atoms with Gasteiger partial charge in [0.1, 0.15) is 0 Å². The Labute approximate surface area is 142 Å². The first-order valence-electron chi connectivity index (χ1n) is 7.68. The Morgan fingerprint density at radius 1 is 1.38 bits per heavy atom. The molecule has 0 saturated heterocycles. The number of hydrogen-bond donors (Lipinski definition) is 1. The van der Waals surface area contributed by atoms with Crippen molar-refractivity contribution in [2.24, 2.45) is 0 Å². The summed E-state index contributed by atoms with van der Waals surface area (Å²) in [5.41, 5.74) is 1.65. The summed E-state index contributed by atoms with van der Waals surface area (Å²) in [4.78, 5) is 23.6. The molecule has 1 aromatic rings. The lowest BCUT2D eigenvalue weighted by Crippen LogP contribution is -2.34. The van der Waals surface area contributed by atoms with E-state index in [4.69, 9.17) is 4.74 Å². The molecule has 0 bridgehead atoms. The van der Waals surface area contributed by atoms with E-state index in [1.54, 1.807) is 12.1 Å². The van der Waals surface area contributed by atoms with E-state index < -0.39 is 16.0 Å². The van der Waals surface area contributed by atoms with Gasteiger partial charge in [0.15, 0.2) is 6.61 Å². The minimum atomic E-state index is -3.37. The van der Waals surface area contributed by atoms with Crippen LogP contribution in [0.2, 0.25) is 0 Å². The third-order valence-corrected chi connectivity index (χ3v) is 4.88. The molecular formula is C16H22N2O5S. The Balaban J connectivity index is 2.11. The van der Waals surface area contributed by atoms with Crippen LogP contribution < -0.4 is 9.62 Å². The van der Waals surface area contributed by atoms with Crippen LogP contribution in [-0.2, 0) is 26.0 Å². The molecule has 0 aromatic heterocycles. The number of nitrogens with one attached hydrogen (secondary N) is 1. The molecule has 1 atom stereocenters. The summed E-state index contributed by atoms with van der Waals surface area (Å²) in [5.74, 6) is -0.974. The molecule has 24 heavy (non-hydrogen) atoms. The average molecular weight is 354 g/mol. The first-order valence-corrected chi connectivity index (χ1v) is 9.53. The van der Waals surface area contributed by atoms with Crippen molar-refractivity contribution < 1.29 is 22.7 Å². The van der Waals surface area contributed by atoms with Gasteiger partial charge in [0, 0.05) is 12.1 Å². The molecule has 0 saturated carbocycles. The standard InChI is InChI=1S/C16H22N2O5S/c1-10(2)17-15(19)9-23-16(20)12-5-6-14-13(8-12)7-11(3)18(14)24(4,21)22/h5-6,8,10-11H,7,9H2,1-4H3,(H,17,19)/t11-/m0/s1. The van der Waals surface area contributed by atoms with E-state index >= 15 is 0 Å². The number of nitrogens with zero attached hydrogens (tertiary/aromatic N) is 1. The number of benzene rings is 1. The predicted molar refractivity (Wildman–Crippen MR) is 90.5 cm³/mol. The lowest BCUT2D eigenvalue weighted by molar-refractivity contribution is -0.124. The van der Waals surface area contributed by atoms with Gasteiger partial charge in [-0.2, -0.15) is 0 Å². The fourth-order valence-corrected chi connectivity index (χ4v) is 4.08. The van der Waals surface area contributed by atoms with Gasteiger partial charge in [0.25, 0.3) is 5.91 Å². The average Bonchev–Trinajstić information content (AvgIpc) is 2.78. The fourth-order valence-electron chi connectivity index (χ4n) is 2.81. The molecule has 2 rings (SSSR count). The van der Waals surface area contributed by atoms with Gasteiger partial charge >= 0.3 is 5.97 Å². The van der Waals surface area contributed by atoms with Crippen molar-refractivity contribution >= 4 is 27.6 Å². The number of hydrogen-bond acceptors (Lipinski definition) is 5. The van der Waals surface area contributed by atoms with Crippen LogP contribution in [-0.4, -0.2) is 45.2 Å². The number of ether oxygens (including phenoxy) is 1. The summed E-state index contributed by atoms with van der Waals surface area (Å²) in [5, 5.41) is 2.63. The quantitative estimate of drug-likeness (QED) is 0.799. The Hall–Kier alpha value is -2.09. The van der Waals surface area contributed by atoms with E-state index in [2.05, 4.69) is 5.32 Å². The number of carbonyl (C=O) groups excluding carboxylic acids is 2.